The Bertz CT molecular complexity index is 447. The number of aromatic amines is 1. The summed E-state index contributed by atoms with van der Waals surface area (Å²) < 4.78 is 13.1. The van der Waals surface area contributed by atoms with Gasteiger partial charge >= 0.3 is 0 Å². The van der Waals surface area contributed by atoms with E-state index in [9.17, 15) is 4.39 Å². The standard InChI is InChI=1S/C9H8FN3OS/c10-7-1-6(4-14)2-8(3-7)15-9-11-5-12-13-9/h1-3,5,14H,4H2,(H,11,12,13). The molecule has 0 aliphatic heterocycles. The van der Waals surface area contributed by atoms with Gasteiger partial charge in [0, 0.05) is 4.90 Å². The quantitative estimate of drug-likeness (QED) is 0.832. The second-order valence-corrected chi connectivity index (χ2v) is 3.91. The molecule has 1 aromatic carbocycles. The number of rotatable bonds is 3. The van der Waals surface area contributed by atoms with E-state index in [0.717, 1.165) is 0 Å². The lowest BCUT2D eigenvalue weighted by atomic mass is 10.2. The fourth-order valence-corrected chi connectivity index (χ4v) is 1.93. The lowest BCUT2D eigenvalue weighted by Gasteiger charge is -2.01. The summed E-state index contributed by atoms with van der Waals surface area (Å²) in [7, 11) is 0. The second kappa shape index (κ2) is 4.41. The molecule has 1 aromatic heterocycles. The van der Waals surface area contributed by atoms with Crippen LogP contribution in [0.25, 0.3) is 0 Å². The van der Waals surface area contributed by atoms with Gasteiger partial charge in [0.2, 0.25) is 0 Å². The fraction of sp³-hybridized carbons (Fsp3) is 0.111. The van der Waals surface area contributed by atoms with Gasteiger partial charge in [-0.1, -0.05) is 11.8 Å². The zero-order valence-electron chi connectivity index (χ0n) is 7.64. The molecule has 2 aromatic rings. The van der Waals surface area contributed by atoms with Gasteiger partial charge in [-0.25, -0.2) is 9.37 Å². The Kier molecular flexibility index (Phi) is 2.98. The Morgan fingerprint density at radius 3 is 2.93 bits per heavy atom. The highest BCUT2D eigenvalue weighted by atomic mass is 32.2. The predicted octanol–water partition coefficient (Wildman–Crippen LogP) is 1.59. The maximum Gasteiger partial charge on any atom is 0.188 e. The molecule has 0 fully saturated rings. The van der Waals surface area contributed by atoms with Crippen LogP contribution in [0.15, 0.2) is 34.6 Å². The average Bonchev–Trinajstić information content (AvgIpc) is 2.69. The number of hydrogen-bond donors (Lipinski definition) is 2. The van der Waals surface area contributed by atoms with Crippen molar-refractivity contribution in [2.75, 3.05) is 0 Å². The number of benzene rings is 1. The Labute approximate surface area is 89.6 Å². The number of aliphatic hydroxyl groups is 1. The number of nitrogens with zero attached hydrogens (tertiary/aromatic N) is 2. The van der Waals surface area contributed by atoms with Gasteiger partial charge in [0.25, 0.3) is 0 Å². The van der Waals surface area contributed by atoms with Crippen LogP contribution in [-0.4, -0.2) is 20.3 Å². The van der Waals surface area contributed by atoms with Gasteiger partial charge in [0.05, 0.1) is 6.61 Å². The number of aromatic nitrogens is 3. The van der Waals surface area contributed by atoms with E-state index in [0.29, 0.717) is 15.6 Å². The van der Waals surface area contributed by atoms with Crippen molar-refractivity contribution >= 4 is 11.8 Å². The van der Waals surface area contributed by atoms with E-state index >= 15 is 0 Å². The fourth-order valence-electron chi connectivity index (χ4n) is 1.13. The van der Waals surface area contributed by atoms with Crippen molar-refractivity contribution in [2.45, 2.75) is 16.7 Å². The molecule has 0 spiro atoms. The van der Waals surface area contributed by atoms with Crippen LogP contribution in [-0.2, 0) is 6.61 Å². The van der Waals surface area contributed by atoms with Crippen molar-refractivity contribution < 1.29 is 9.50 Å². The van der Waals surface area contributed by atoms with E-state index in [4.69, 9.17) is 5.11 Å². The number of H-pyrrole nitrogens is 1. The molecule has 0 bridgehead atoms. The molecular formula is C9H8FN3OS. The molecule has 0 radical (unpaired) electrons. The van der Waals surface area contributed by atoms with Crippen molar-refractivity contribution in [1.82, 2.24) is 15.2 Å². The summed E-state index contributed by atoms with van der Waals surface area (Å²) in [5.74, 6) is -0.372. The largest absolute Gasteiger partial charge is 0.392 e. The van der Waals surface area contributed by atoms with E-state index in [1.165, 1.54) is 30.2 Å². The Hall–Kier alpha value is -1.40. The van der Waals surface area contributed by atoms with E-state index < -0.39 is 0 Å². The van der Waals surface area contributed by atoms with Crippen LogP contribution >= 0.6 is 11.8 Å². The normalized spacial score (nSPS) is 10.5. The van der Waals surface area contributed by atoms with Crippen LogP contribution in [0, 0.1) is 5.82 Å². The average molecular weight is 225 g/mol. The first-order chi connectivity index (χ1) is 7.28. The highest BCUT2D eigenvalue weighted by Crippen LogP contribution is 2.25. The Morgan fingerprint density at radius 1 is 1.40 bits per heavy atom. The highest BCUT2D eigenvalue weighted by molar-refractivity contribution is 7.99. The summed E-state index contributed by atoms with van der Waals surface area (Å²) in [6.07, 6.45) is 1.38. The molecule has 78 valence electrons. The van der Waals surface area contributed by atoms with Gasteiger partial charge in [-0.15, -0.1) is 0 Å². The first-order valence-corrected chi connectivity index (χ1v) is 5.03. The summed E-state index contributed by atoms with van der Waals surface area (Å²) in [5.41, 5.74) is 0.539. The molecule has 0 unspecified atom stereocenters. The van der Waals surface area contributed by atoms with Crippen LogP contribution in [0.5, 0.6) is 0 Å². The lowest BCUT2D eigenvalue weighted by molar-refractivity contribution is 0.281. The van der Waals surface area contributed by atoms with E-state index in [1.807, 2.05) is 0 Å². The molecule has 2 rings (SSSR count). The van der Waals surface area contributed by atoms with E-state index in [1.54, 1.807) is 6.07 Å². The third-order valence-electron chi connectivity index (χ3n) is 1.72. The zero-order valence-corrected chi connectivity index (χ0v) is 8.46. The molecule has 0 aliphatic carbocycles. The summed E-state index contributed by atoms with van der Waals surface area (Å²) in [4.78, 5) is 4.58. The van der Waals surface area contributed by atoms with E-state index in [2.05, 4.69) is 15.2 Å². The summed E-state index contributed by atoms with van der Waals surface area (Å²) in [5, 5.41) is 15.8. The van der Waals surface area contributed by atoms with Crippen molar-refractivity contribution in [3.8, 4) is 0 Å². The van der Waals surface area contributed by atoms with Gasteiger partial charge in [0.1, 0.15) is 12.1 Å². The van der Waals surface area contributed by atoms with Crippen molar-refractivity contribution in [3.05, 3.63) is 35.9 Å². The number of aliphatic hydroxyl groups excluding tert-OH is 1. The van der Waals surface area contributed by atoms with Gasteiger partial charge in [0.15, 0.2) is 5.16 Å². The molecule has 0 aliphatic rings. The molecule has 6 heteroatoms. The van der Waals surface area contributed by atoms with Gasteiger partial charge in [-0.05, 0) is 23.8 Å². The van der Waals surface area contributed by atoms with Crippen LogP contribution in [0.2, 0.25) is 0 Å². The Morgan fingerprint density at radius 2 is 2.27 bits per heavy atom. The predicted molar refractivity (Wildman–Crippen MR) is 52.8 cm³/mol. The Balaban J connectivity index is 2.24. The monoisotopic (exact) mass is 225 g/mol. The molecule has 15 heavy (non-hydrogen) atoms. The molecule has 0 atom stereocenters. The van der Waals surface area contributed by atoms with Crippen LogP contribution in [0.1, 0.15) is 5.56 Å². The van der Waals surface area contributed by atoms with Crippen LogP contribution in [0.3, 0.4) is 0 Å². The summed E-state index contributed by atoms with van der Waals surface area (Å²) in [6, 6.07) is 4.38. The molecule has 0 saturated carbocycles. The molecule has 0 amide bonds. The lowest BCUT2D eigenvalue weighted by Crippen LogP contribution is -1.87. The third-order valence-corrected chi connectivity index (χ3v) is 2.58. The van der Waals surface area contributed by atoms with Crippen LogP contribution < -0.4 is 0 Å². The summed E-state index contributed by atoms with van der Waals surface area (Å²) >= 11 is 1.26. The maximum atomic E-state index is 13.1. The number of hydrogen-bond acceptors (Lipinski definition) is 4. The minimum Gasteiger partial charge on any atom is -0.392 e. The minimum absolute atomic E-state index is 0.179. The first kappa shape index (κ1) is 10.1. The summed E-state index contributed by atoms with van der Waals surface area (Å²) in [6.45, 7) is -0.179. The smallest absolute Gasteiger partial charge is 0.188 e. The van der Waals surface area contributed by atoms with Gasteiger partial charge < -0.3 is 5.11 Å². The molecule has 1 heterocycles. The molecule has 0 saturated heterocycles. The topological polar surface area (TPSA) is 61.8 Å². The van der Waals surface area contributed by atoms with Gasteiger partial charge in [-0.2, -0.15) is 5.10 Å². The molecule has 2 N–H and O–H groups in total. The van der Waals surface area contributed by atoms with Crippen LogP contribution in [0.4, 0.5) is 4.39 Å². The second-order valence-electron chi connectivity index (χ2n) is 2.85. The van der Waals surface area contributed by atoms with Gasteiger partial charge in [-0.3, -0.25) is 5.10 Å². The van der Waals surface area contributed by atoms with E-state index in [-0.39, 0.29) is 12.4 Å². The maximum absolute atomic E-state index is 13.1. The number of nitrogens with one attached hydrogen (secondary N) is 1. The van der Waals surface area contributed by atoms with Crippen molar-refractivity contribution in [3.63, 3.8) is 0 Å². The third kappa shape index (κ3) is 2.54. The van der Waals surface area contributed by atoms with Crippen molar-refractivity contribution in [2.24, 2.45) is 0 Å². The minimum atomic E-state index is -0.372. The SMILES string of the molecule is OCc1cc(F)cc(Sc2ncn[nH]2)c1. The molecule has 4 nitrogen and oxygen atoms in total. The molecular weight excluding hydrogens is 217 g/mol. The zero-order chi connectivity index (χ0) is 10.7. The highest BCUT2D eigenvalue weighted by Gasteiger charge is 2.03. The first-order valence-electron chi connectivity index (χ1n) is 4.21. The van der Waals surface area contributed by atoms with Crippen molar-refractivity contribution in [1.29, 1.82) is 0 Å². The number of halogens is 1.